The zero-order valence-corrected chi connectivity index (χ0v) is 15.8. The van der Waals surface area contributed by atoms with Crippen molar-refractivity contribution in [3.63, 3.8) is 0 Å². The maximum Gasteiger partial charge on any atom is 0.255 e. The van der Waals surface area contributed by atoms with Crippen LogP contribution >= 0.6 is 0 Å². The van der Waals surface area contributed by atoms with Crippen molar-refractivity contribution in [2.75, 3.05) is 19.4 Å². The fourth-order valence-electron chi connectivity index (χ4n) is 2.58. The molecule has 136 valence electrons. The van der Waals surface area contributed by atoms with Crippen LogP contribution in [0.25, 0.3) is 11.0 Å². The highest BCUT2D eigenvalue weighted by molar-refractivity contribution is 7.89. The summed E-state index contributed by atoms with van der Waals surface area (Å²) in [6.07, 6.45) is 1.69. The van der Waals surface area contributed by atoms with E-state index in [9.17, 15) is 13.2 Å². The number of fused-ring (bicyclic) bond motifs is 1. The molecule has 1 aromatic heterocycles. The van der Waals surface area contributed by atoms with Crippen molar-refractivity contribution in [2.45, 2.75) is 11.8 Å². The van der Waals surface area contributed by atoms with Gasteiger partial charge in [-0.2, -0.15) is 0 Å². The molecule has 2 aromatic carbocycles. The molecule has 3 rings (SSSR count). The lowest BCUT2D eigenvalue weighted by molar-refractivity contribution is 0.102. The molecule has 0 fully saturated rings. The van der Waals surface area contributed by atoms with Gasteiger partial charge in [-0.15, -0.1) is 0 Å². The van der Waals surface area contributed by atoms with Gasteiger partial charge in [-0.25, -0.2) is 17.7 Å². The molecule has 26 heavy (non-hydrogen) atoms. The van der Waals surface area contributed by atoms with Crippen LogP contribution in [0.1, 0.15) is 15.9 Å². The van der Waals surface area contributed by atoms with Gasteiger partial charge in [-0.3, -0.25) is 4.79 Å². The molecular weight excluding hydrogens is 352 g/mol. The van der Waals surface area contributed by atoms with E-state index in [0.717, 1.165) is 20.9 Å². The van der Waals surface area contributed by atoms with E-state index >= 15 is 0 Å². The molecule has 0 radical (unpaired) electrons. The van der Waals surface area contributed by atoms with E-state index in [2.05, 4.69) is 10.3 Å². The molecule has 0 spiro atoms. The minimum Gasteiger partial charge on any atom is -0.334 e. The molecule has 0 aliphatic heterocycles. The number of nitrogens with zero attached hydrogens (tertiary/aromatic N) is 3. The van der Waals surface area contributed by atoms with Crippen LogP contribution in [0.5, 0.6) is 0 Å². The van der Waals surface area contributed by atoms with Gasteiger partial charge in [0.15, 0.2) is 0 Å². The van der Waals surface area contributed by atoms with Crippen LogP contribution in [0.4, 0.5) is 5.69 Å². The Kier molecular flexibility index (Phi) is 4.55. The first kappa shape index (κ1) is 18.1. The molecule has 1 N–H and O–H groups in total. The summed E-state index contributed by atoms with van der Waals surface area (Å²) < 4.78 is 27.6. The fraction of sp³-hybridized carbons (Fsp3) is 0.222. The number of benzene rings is 2. The SMILES string of the molecule is Cc1ccc(S(=O)(=O)N(C)C)cc1NC(=O)c1ccc2c(c1)ncn2C. The van der Waals surface area contributed by atoms with E-state index in [1.807, 2.05) is 24.6 Å². The summed E-state index contributed by atoms with van der Waals surface area (Å²) in [5, 5.41) is 2.79. The minimum absolute atomic E-state index is 0.128. The van der Waals surface area contributed by atoms with E-state index in [4.69, 9.17) is 0 Å². The number of amides is 1. The number of imidazole rings is 1. The van der Waals surface area contributed by atoms with Gasteiger partial charge < -0.3 is 9.88 Å². The smallest absolute Gasteiger partial charge is 0.255 e. The number of nitrogens with one attached hydrogen (secondary N) is 1. The largest absolute Gasteiger partial charge is 0.334 e. The van der Waals surface area contributed by atoms with E-state index in [-0.39, 0.29) is 10.8 Å². The van der Waals surface area contributed by atoms with Gasteiger partial charge in [0.05, 0.1) is 22.3 Å². The van der Waals surface area contributed by atoms with Gasteiger partial charge in [0, 0.05) is 32.4 Å². The maximum atomic E-state index is 12.6. The van der Waals surface area contributed by atoms with Crippen molar-refractivity contribution in [1.29, 1.82) is 0 Å². The lowest BCUT2D eigenvalue weighted by Gasteiger charge is -2.14. The Bertz CT molecular complexity index is 1100. The summed E-state index contributed by atoms with van der Waals surface area (Å²) in [6.45, 7) is 1.81. The summed E-state index contributed by atoms with van der Waals surface area (Å²) in [5.41, 5.74) is 3.34. The van der Waals surface area contributed by atoms with E-state index in [1.165, 1.54) is 26.2 Å². The van der Waals surface area contributed by atoms with Crippen molar-refractivity contribution in [1.82, 2.24) is 13.9 Å². The highest BCUT2D eigenvalue weighted by Crippen LogP contribution is 2.23. The monoisotopic (exact) mass is 372 g/mol. The molecule has 0 aliphatic carbocycles. The summed E-state index contributed by atoms with van der Waals surface area (Å²) in [6, 6.07) is 9.93. The third-order valence-corrected chi connectivity index (χ3v) is 6.03. The number of carbonyl (C=O) groups is 1. The summed E-state index contributed by atoms with van der Waals surface area (Å²) in [7, 11) is 1.25. The number of sulfonamides is 1. The maximum absolute atomic E-state index is 12.6. The van der Waals surface area contributed by atoms with Crippen molar-refractivity contribution in [2.24, 2.45) is 7.05 Å². The number of rotatable bonds is 4. The third-order valence-electron chi connectivity index (χ3n) is 4.22. The Morgan fingerprint density at radius 3 is 2.58 bits per heavy atom. The van der Waals surface area contributed by atoms with E-state index < -0.39 is 10.0 Å². The molecule has 0 bridgehead atoms. The van der Waals surface area contributed by atoms with Crippen molar-refractivity contribution >= 4 is 32.7 Å². The molecule has 3 aromatic rings. The number of aromatic nitrogens is 2. The number of hydrogen-bond acceptors (Lipinski definition) is 4. The van der Waals surface area contributed by atoms with Gasteiger partial charge in [0.25, 0.3) is 5.91 Å². The van der Waals surface area contributed by atoms with Crippen LogP contribution in [0.3, 0.4) is 0 Å². The van der Waals surface area contributed by atoms with E-state index in [0.29, 0.717) is 11.3 Å². The topological polar surface area (TPSA) is 84.3 Å². The third kappa shape index (κ3) is 3.21. The Labute approximate surface area is 152 Å². The highest BCUT2D eigenvalue weighted by atomic mass is 32.2. The second-order valence-electron chi connectivity index (χ2n) is 6.28. The van der Waals surface area contributed by atoms with Crippen molar-refractivity contribution in [3.05, 3.63) is 53.9 Å². The summed E-state index contributed by atoms with van der Waals surface area (Å²) >= 11 is 0. The van der Waals surface area contributed by atoms with Crippen LogP contribution in [0.15, 0.2) is 47.6 Å². The van der Waals surface area contributed by atoms with Crippen LogP contribution in [0.2, 0.25) is 0 Å². The van der Waals surface area contributed by atoms with Gasteiger partial charge in [0.1, 0.15) is 0 Å². The first-order chi connectivity index (χ1) is 12.2. The molecule has 1 heterocycles. The average Bonchev–Trinajstić information content (AvgIpc) is 2.97. The molecule has 0 saturated carbocycles. The second kappa shape index (κ2) is 6.54. The molecule has 1 amide bonds. The van der Waals surface area contributed by atoms with Gasteiger partial charge in [-0.1, -0.05) is 6.07 Å². The number of anilines is 1. The standard InChI is InChI=1S/C18H20N4O3S/c1-12-5-7-14(26(24,25)21(2)3)10-15(12)20-18(23)13-6-8-17-16(9-13)19-11-22(17)4/h5-11H,1-4H3,(H,20,23). The number of carbonyl (C=O) groups excluding carboxylic acids is 1. The molecule has 8 heteroatoms. The number of hydrogen-bond donors (Lipinski definition) is 1. The lowest BCUT2D eigenvalue weighted by atomic mass is 10.1. The Hall–Kier alpha value is -2.71. The Morgan fingerprint density at radius 1 is 1.15 bits per heavy atom. The first-order valence-electron chi connectivity index (χ1n) is 7.96. The van der Waals surface area contributed by atoms with Crippen LogP contribution in [0, 0.1) is 6.92 Å². The molecule has 0 saturated heterocycles. The number of aryl methyl sites for hydroxylation is 2. The molecule has 0 atom stereocenters. The quantitative estimate of drug-likeness (QED) is 0.762. The lowest BCUT2D eigenvalue weighted by Crippen LogP contribution is -2.22. The predicted octanol–water partition coefficient (Wildman–Crippen LogP) is 2.38. The fourth-order valence-corrected chi connectivity index (χ4v) is 3.51. The highest BCUT2D eigenvalue weighted by Gasteiger charge is 2.19. The molecule has 0 aliphatic rings. The predicted molar refractivity (Wildman–Crippen MR) is 101 cm³/mol. The van der Waals surface area contributed by atoms with Gasteiger partial charge in [-0.05, 0) is 42.8 Å². The normalized spacial score (nSPS) is 11.9. The van der Waals surface area contributed by atoms with Crippen LogP contribution in [-0.4, -0.2) is 42.3 Å². The Balaban J connectivity index is 1.93. The first-order valence-corrected chi connectivity index (χ1v) is 9.40. The van der Waals surface area contributed by atoms with Crippen molar-refractivity contribution in [3.8, 4) is 0 Å². The zero-order valence-electron chi connectivity index (χ0n) is 15.0. The molecule has 0 unspecified atom stereocenters. The minimum atomic E-state index is -3.57. The summed E-state index contributed by atoms with van der Waals surface area (Å²) in [5.74, 6) is -0.319. The summed E-state index contributed by atoms with van der Waals surface area (Å²) in [4.78, 5) is 17.0. The zero-order chi connectivity index (χ0) is 19.1. The van der Waals surface area contributed by atoms with Crippen LogP contribution in [-0.2, 0) is 17.1 Å². The van der Waals surface area contributed by atoms with Crippen LogP contribution < -0.4 is 5.32 Å². The van der Waals surface area contributed by atoms with Crippen molar-refractivity contribution < 1.29 is 13.2 Å². The van der Waals surface area contributed by atoms with Gasteiger partial charge in [0.2, 0.25) is 10.0 Å². The van der Waals surface area contributed by atoms with E-state index in [1.54, 1.807) is 24.5 Å². The second-order valence-corrected chi connectivity index (χ2v) is 8.43. The molecular formula is C18H20N4O3S. The average molecular weight is 372 g/mol. The molecule has 7 nitrogen and oxygen atoms in total. The van der Waals surface area contributed by atoms with Gasteiger partial charge >= 0.3 is 0 Å². The Morgan fingerprint density at radius 2 is 1.88 bits per heavy atom.